The molecular formula is C20H20FN3S2. The molecule has 0 radical (unpaired) electrons. The molecule has 0 saturated carbocycles. The first kappa shape index (κ1) is 17.4. The summed E-state index contributed by atoms with van der Waals surface area (Å²) in [5.74, 6) is -0.449. The van der Waals surface area contributed by atoms with E-state index >= 15 is 0 Å². The second-order valence-electron chi connectivity index (χ2n) is 6.39. The number of nitrogens with zero attached hydrogens (tertiary/aromatic N) is 2. The Hall–Kier alpha value is -2.05. The van der Waals surface area contributed by atoms with E-state index in [1.54, 1.807) is 17.5 Å². The van der Waals surface area contributed by atoms with E-state index in [-0.39, 0.29) is 0 Å². The van der Waals surface area contributed by atoms with E-state index in [0.29, 0.717) is 11.4 Å². The smallest absolute Gasteiger partial charge is 0.209 e. The summed E-state index contributed by atoms with van der Waals surface area (Å²) in [6, 6.07) is 9.92. The summed E-state index contributed by atoms with van der Waals surface area (Å²) in [6.07, 6.45) is 8.15. The van der Waals surface area contributed by atoms with Gasteiger partial charge in [0.15, 0.2) is 0 Å². The maximum Gasteiger partial charge on any atom is 0.209 e. The molecule has 4 aromatic rings. The molecule has 0 aliphatic rings. The largest absolute Gasteiger partial charge is 0.255 e. The normalized spacial score (nSPS) is 11.5. The number of H-pyrrole nitrogens is 1. The first-order valence-electron chi connectivity index (χ1n) is 8.93. The number of rotatable bonds is 7. The number of nitrogens with one attached hydrogen (secondary N) is 1. The summed E-state index contributed by atoms with van der Waals surface area (Å²) in [7, 11) is 0. The van der Waals surface area contributed by atoms with E-state index in [2.05, 4.69) is 34.2 Å². The van der Waals surface area contributed by atoms with Crippen molar-refractivity contribution in [2.24, 2.45) is 0 Å². The van der Waals surface area contributed by atoms with Gasteiger partial charge < -0.3 is 0 Å². The summed E-state index contributed by atoms with van der Waals surface area (Å²) in [4.78, 5) is 7.01. The van der Waals surface area contributed by atoms with Gasteiger partial charge in [-0.1, -0.05) is 26.2 Å². The molecule has 3 nitrogen and oxygen atoms in total. The van der Waals surface area contributed by atoms with Crippen LogP contribution in [0.5, 0.6) is 0 Å². The van der Waals surface area contributed by atoms with Crippen LogP contribution in [0.2, 0.25) is 0 Å². The van der Waals surface area contributed by atoms with Crippen LogP contribution in [0.15, 0.2) is 36.5 Å². The Bertz CT molecular complexity index is 984. The van der Waals surface area contributed by atoms with Crippen LogP contribution >= 0.6 is 22.7 Å². The fourth-order valence-corrected chi connectivity index (χ4v) is 5.49. The third-order valence-electron chi connectivity index (χ3n) is 4.39. The van der Waals surface area contributed by atoms with Gasteiger partial charge in [-0.25, -0.2) is 0 Å². The highest BCUT2D eigenvalue weighted by atomic mass is 32.1. The Labute approximate surface area is 159 Å². The maximum absolute atomic E-state index is 13.2. The van der Waals surface area contributed by atoms with Gasteiger partial charge in [0, 0.05) is 31.4 Å². The van der Waals surface area contributed by atoms with Gasteiger partial charge in [0.2, 0.25) is 5.95 Å². The van der Waals surface area contributed by atoms with Crippen LogP contribution in [0.4, 0.5) is 4.39 Å². The average molecular weight is 386 g/mol. The highest BCUT2D eigenvalue weighted by Crippen LogP contribution is 2.39. The summed E-state index contributed by atoms with van der Waals surface area (Å²) in [5.41, 5.74) is 2.30. The van der Waals surface area contributed by atoms with E-state index in [4.69, 9.17) is 0 Å². The molecule has 26 heavy (non-hydrogen) atoms. The summed E-state index contributed by atoms with van der Waals surface area (Å²) in [5, 5.41) is 6.27. The number of hydrogen-bond acceptors (Lipinski definition) is 4. The van der Waals surface area contributed by atoms with E-state index in [9.17, 15) is 4.39 Å². The van der Waals surface area contributed by atoms with Crippen LogP contribution in [0, 0.1) is 5.95 Å². The zero-order valence-electron chi connectivity index (χ0n) is 14.6. The van der Waals surface area contributed by atoms with Crippen molar-refractivity contribution >= 4 is 32.1 Å². The van der Waals surface area contributed by atoms with Gasteiger partial charge >= 0.3 is 0 Å². The van der Waals surface area contributed by atoms with Crippen molar-refractivity contribution in [3.8, 4) is 21.8 Å². The highest BCUT2D eigenvalue weighted by molar-refractivity contribution is 7.29. The molecule has 0 aliphatic carbocycles. The topological polar surface area (TPSA) is 41.6 Å². The molecule has 0 atom stereocenters. The molecule has 0 spiro atoms. The number of pyridine rings is 1. The number of thiophene rings is 2. The lowest BCUT2D eigenvalue weighted by Crippen LogP contribution is -1.84. The Balaban J connectivity index is 1.54. The Kier molecular flexibility index (Phi) is 5.13. The molecule has 0 amide bonds. The van der Waals surface area contributed by atoms with Gasteiger partial charge in [-0.2, -0.15) is 9.49 Å². The van der Waals surface area contributed by atoms with Crippen LogP contribution in [0.3, 0.4) is 0 Å². The van der Waals surface area contributed by atoms with Crippen molar-refractivity contribution < 1.29 is 4.39 Å². The quantitative estimate of drug-likeness (QED) is 0.361. The monoisotopic (exact) mass is 385 g/mol. The number of halogens is 1. The lowest BCUT2D eigenvalue weighted by atomic mass is 10.1. The average Bonchev–Trinajstić information content (AvgIpc) is 3.33. The van der Waals surface area contributed by atoms with Gasteiger partial charge in [0.1, 0.15) is 5.69 Å². The summed E-state index contributed by atoms with van der Waals surface area (Å²) < 4.78 is 15.9. The van der Waals surface area contributed by atoms with Crippen molar-refractivity contribution in [3.05, 3.63) is 47.4 Å². The second kappa shape index (κ2) is 7.68. The predicted octanol–water partition coefficient (Wildman–Crippen LogP) is 6.68. The first-order valence-corrected chi connectivity index (χ1v) is 10.6. The van der Waals surface area contributed by atoms with Gasteiger partial charge in [-0.05, 0) is 42.7 Å². The predicted molar refractivity (Wildman–Crippen MR) is 108 cm³/mol. The minimum atomic E-state index is -0.449. The summed E-state index contributed by atoms with van der Waals surface area (Å²) in [6.45, 7) is 2.25. The fraction of sp³-hybridized carbons (Fsp3) is 0.300. The standard InChI is InChI=1S/C20H20FN3S2/c1-2-3-4-5-6-14-10-18-19(25-14)12-17(26-18)13-7-8-22-15(9-13)16-11-20(21)24-23-16/h7-12H,2-6H2,1H3,(H,23,24). The van der Waals surface area contributed by atoms with E-state index < -0.39 is 5.95 Å². The Morgan fingerprint density at radius 2 is 1.88 bits per heavy atom. The molecule has 0 bridgehead atoms. The van der Waals surface area contributed by atoms with Crippen molar-refractivity contribution in [2.45, 2.75) is 39.0 Å². The fourth-order valence-electron chi connectivity index (χ4n) is 3.03. The van der Waals surface area contributed by atoms with E-state index in [1.165, 1.54) is 57.3 Å². The maximum atomic E-state index is 13.2. The van der Waals surface area contributed by atoms with Crippen LogP contribution in [-0.2, 0) is 6.42 Å². The number of fused-ring (bicyclic) bond motifs is 1. The molecule has 0 saturated heterocycles. The molecule has 0 aliphatic heterocycles. The van der Waals surface area contributed by atoms with Gasteiger partial charge in [-0.3, -0.25) is 10.1 Å². The van der Waals surface area contributed by atoms with Crippen LogP contribution in [0.1, 0.15) is 37.5 Å². The molecule has 0 fully saturated rings. The van der Waals surface area contributed by atoms with Crippen LogP contribution in [0.25, 0.3) is 31.2 Å². The van der Waals surface area contributed by atoms with Crippen molar-refractivity contribution in [3.63, 3.8) is 0 Å². The van der Waals surface area contributed by atoms with Crippen molar-refractivity contribution in [1.82, 2.24) is 15.2 Å². The van der Waals surface area contributed by atoms with Gasteiger partial charge in [0.25, 0.3) is 0 Å². The molecular weight excluding hydrogens is 365 g/mol. The van der Waals surface area contributed by atoms with Gasteiger partial charge in [-0.15, -0.1) is 22.7 Å². The Morgan fingerprint density at radius 3 is 2.65 bits per heavy atom. The Morgan fingerprint density at radius 1 is 1.00 bits per heavy atom. The van der Waals surface area contributed by atoms with E-state index in [0.717, 1.165) is 5.56 Å². The SMILES string of the molecule is CCCCCCc1cc2sc(-c3ccnc(-c4cc(F)[nH]n4)c3)cc2s1. The number of aromatic nitrogens is 3. The molecule has 134 valence electrons. The molecule has 6 heteroatoms. The minimum Gasteiger partial charge on any atom is -0.255 e. The molecule has 0 unspecified atom stereocenters. The molecule has 4 aromatic heterocycles. The molecule has 4 heterocycles. The summed E-state index contributed by atoms with van der Waals surface area (Å²) >= 11 is 3.71. The first-order chi connectivity index (χ1) is 12.7. The highest BCUT2D eigenvalue weighted by Gasteiger charge is 2.11. The number of hydrogen-bond donors (Lipinski definition) is 1. The number of aromatic amines is 1. The minimum absolute atomic E-state index is 0.449. The van der Waals surface area contributed by atoms with Crippen molar-refractivity contribution in [2.75, 3.05) is 0 Å². The van der Waals surface area contributed by atoms with Crippen LogP contribution in [-0.4, -0.2) is 15.2 Å². The lowest BCUT2D eigenvalue weighted by Gasteiger charge is -2.00. The third kappa shape index (κ3) is 3.71. The van der Waals surface area contributed by atoms with Crippen LogP contribution < -0.4 is 0 Å². The molecule has 1 N–H and O–H groups in total. The molecule has 4 rings (SSSR count). The zero-order chi connectivity index (χ0) is 17.9. The lowest BCUT2D eigenvalue weighted by molar-refractivity contribution is 0.579. The number of aryl methyl sites for hydroxylation is 1. The zero-order valence-corrected chi connectivity index (χ0v) is 16.2. The second-order valence-corrected chi connectivity index (χ2v) is 8.65. The van der Waals surface area contributed by atoms with Crippen molar-refractivity contribution in [1.29, 1.82) is 0 Å². The third-order valence-corrected chi connectivity index (χ3v) is 6.79. The van der Waals surface area contributed by atoms with Gasteiger partial charge in [0.05, 0.1) is 5.69 Å². The molecule has 0 aromatic carbocycles. The van der Waals surface area contributed by atoms with E-state index in [1.807, 2.05) is 23.5 Å². The number of unbranched alkanes of at least 4 members (excludes halogenated alkanes) is 3.